The molecule has 1 heterocycles. The van der Waals surface area contributed by atoms with Crippen LogP contribution in [-0.2, 0) is 4.79 Å². The van der Waals surface area contributed by atoms with E-state index in [1.807, 2.05) is 0 Å². The molecule has 2 rings (SSSR count). The number of nitrogens with one attached hydrogen (secondary N) is 2. The number of carbonyl (C=O) groups is 1. The Morgan fingerprint density at radius 3 is 2.60 bits per heavy atom. The molecule has 0 bridgehead atoms. The zero-order valence-electron chi connectivity index (χ0n) is 13.0. The van der Waals surface area contributed by atoms with Crippen LogP contribution in [0, 0.1) is 5.92 Å². The van der Waals surface area contributed by atoms with Gasteiger partial charge in [0.25, 0.3) is 0 Å². The Labute approximate surface area is 122 Å². The molecule has 0 aromatic carbocycles. The van der Waals surface area contributed by atoms with E-state index in [0.717, 1.165) is 25.6 Å². The Bertz CT molecular complexity index is 355. The second kappa shape index (κ2) is 6.00. The van der Waals surface area contributed by atoms with E-state index in [9.17, 15) is 4.79 Å². The highest BCUT2D eigenvalue weighted by Gasteiger charge is 2.43. The van der Waals surface area contributed by atoms with Gasteiger partial charge in [-0.2, -0.15) is 0 Å². The normalized spacial score (nSPS) is 32.9. The third kappa shape index (κ3) is 3.32. The summed E-state index contributed by atoms with van der Waals surface area (Å²) >= 11 is 0. The Morgan fingerprint density at radius 1 is 1.45 bits per heavy atom. The van der Waals surface area contributed by atoms with Crippen LogP contribution in [0.2, 0.25) is 0 Å². The number of aliphatic carboxylic acids is 1. The van der Waals surface area contributed by atoms with Gasteiger partial charge in [-0.25, -0.2) is 0 Å². The minimum Gasteiger partial charge on any atom is -0.481 e. The molecule has 20 heavy (non-hydrogen) atoms. The molecule has 0 spiro atoms. The van der Waals surface area contributed by atoms with Crippen molar-refractivity contribution in [3.05, 3.63) is 0 Å². The van der Waals surface area contributed by atoms with Crippen molar-refractivity contribution < 1.29 is 9.90 Å². The highest BCUT2D eigenvalue weighted by atomic mass is 16.4. The Kier molecular flexibility index (Phi) is 4.72. The smallest absolute Gasteiger partial charge is 0.305 e. The van der Waals surface area contributed by atoms with E-state index < -0.39 is 5.97 Å². The number of hydrogen-bond donors (Lipinski definition) is 3. The third-order valence-electron chi connectivity index (χ3n) is 5.23. The lowest BCUT2D eigenvalue weighted by molar-refractivity contribution is -0.139. The van der Waals surface area contributed by atoms with Gasteiger partial charge >= 0.3 is 5.97 Å². The monoisotopic (exact) mass is 283 g/mol. The molecule has 2 atom stereocenters. The standard InChI is InChI=1S/C15H29N3O2/c1-12-5-4-6-15(7-12,18(2)3)11-17-14(8-13(19)20)9-16-10-14/h12,16-17H,4-11H2,1-3H3,(H,19,20). The summed E-state index contributed by atoms with van der Waals surface area (Å²) in [5, 5.41) is 15.9. The number of nitrogens with zero attached hydrogens (tertiary/aromatic N) is 1. The van der Waals surface area contributed by atoms with Gasteiger partial charge in [-0.05, 0) is 32.9 Å². The highest BCUT2D eigenvalue weighted by Crippen LogP contribution is 2.35. The fraction of sp³-hybridized carbons (Fsp3) is 0.933. The molecular formula is C15H29N3O2. The second-order valence-corrected chi connectivity index (χ2v) is 7.13. The molecular weight excluding hydrogens is 254 g/mol. The summed E-state index contributed by atoms with van der Waals surface area (Å²) in [6.45, 7) is 4.74. The van der Waals surface area contributed by atoms with Crippen molar-refractivity contribution in [2.45, 2.75) is 50.1 Å². The average Bonchev–Trinajstić information content (AvgIpc) is 2.32. The summed E-state index contributed by atoms with van der Waals surface area (Å²) in [5.74, 6) is 0.0396. The Morgan fingerprint density at radius 2 is 2.15 bits per heavy atom. The average molecular weight is 283 g/mol. The quantitative estimate of drug-likeness (QED) is 0.676. The Hall–Kier alpha value is -0.650. The predicted molar refractivity (Wildman–Crippen MR) is 79.9 cm³/mol. The molecule has 0 radical (unpaired) electrons. The third-order valence-corrected chi connectivity index (χ3v) is 5.23. The van der Waals surface area contributed by atoms with Crippen molar-refractivity contribution in [3.8, 4) is 0 Å². The van der Waals surface area contributed by atoms with Crippen LogP contribution in [-0.4, -0.2) is 60.8 Å². The Balaban J connectivity index is 2.00. The van der Waals surface area contributed by atoms with Gasteiger partial charge in [-0.1, -0.05) is 19.8 Å². The lowest BCUT2D eigenvalue weighted by Crippen LogP contribution is -2.71. The molecule has 1 aliphatic carbocycles. The van der Waals surface area contributed by atoms with Gasteiger partial charge in [0.2, 0.25) is 0 Å². The maximum Gasteiger partial charge on any atom is 0.305 e. The second-order valence-electron chi connectivity index (χ2n) is 7.13. The minimum absolute atomic E-state index is 0.179. The number of carboxylic acid groups (broad SMARTS) is 1. The van der Waals surface area contributed by atoms with E-state index in [1.165, 1.54) is 25.7 Å². The number of hydrogen-bond acceptors (Lipinski definition) is 4. The zero-order valence-corrected chi connectivity index (χ0v) is 13.0. The van der Waals surface area contributed by atoms with Gasteiger partial charge in [0, 0.05) is 25.2 Å². The van der Waals surface area contributed by atoms with E-state index in [-0.39, 0.29) is 17.5 Å². The fourth-order valence-corrected chi connectivity index (χ4v) is 3.74. The van der Waals surface area contributed by atoms with Crippen molar-refractivity contribution in [2.24, 2.45) is 5.92 Å². The van der Waals surface area contributed by atoms with Crippen LogP contribution in [0.4, 0.5) is 0 Å². The summed E-state index contributed by atoms with van der Waals surface area (Å²) in [4.78, 5) is 13.4. The van der Waals surface area contributed by atoms with E-state index in [2.05, 4.69) is 36.6 Å². The molecule has 2 unspecified atom stereocenters. The fourth-order valence-electron chi connectivity index (χ4n) is 3.74. The summed E-state index contributed by atoms with van der Waals surface area (Å²) < 4.78 is 0. The highest BCUT2D eigenvalue weighted by molar-refractivity contribution is 5.68. The molecule has 3 N–H and O–H groups in total. The molecule has 5 heteroatoms. The number of rotatable bonds is 6. The molecule has 116 valence electrons. The van der Waals surface area contributed by atoms with Crippen LogP contribution in [0.3, 0.4) is 0 Å². The first-order valence-electron chi connectivity index (χ1n) is 7.73. The SMILES string of the molecule is CC1CCCC(CNC2(CC(=O)O)CNC2)(N(C)C)C1. The molecule has 1 saturated heterocycles. The molecule has 5 nitrogen and oxygen atoms in total. The molecule has 2 aliphatic rings. The largest absolute Gasteiger partial charge is 0.481 e. The van der Waals surface area contributed by atoms with Crippen LogP contribution in [0.15, 0.2) is 0 Å². The van der Waals surface area contributed by atoms with Crippen molar-refractivity contribution in [1.82, 2.24) is 15.5 Å². The van der Waals surface area contributed by atoms with Crippen molar-refractivity contribution in [3.63, 3.8) is 0 Å². The van der Waals surface area contributed by atoms with Gasteiger partial charge in [-0.15, -0.1) is 0 Å². The van der Waals surface area contributed by atoms with Crippen LogP contribution in [0.25, 0.3) is 0 Å². The zero-order chi connectivity index (χ0) is 14.8. The first-order valence-corrected chi connectivity index (χ1v) is 7.73. The topological polar surface area (TPSA) is 64.6 Å². The lowest BCUT2D eigenvalue weighted by Gasteiger charge is -2.50. The first-order chi connectivity index (χ1) is 9.38. The van der Waals surface area contributed by atoms with Crippen molar-refractivity contribution >= 4 is 5.97 Å². The summed E-state index contributed by atoms with van der Waals surface area (Å²) in [7, 11) is 4.31. The van der Waals surface area contributed by atoms with E-state index in [4.69, 9.17) is 5.11 Å². The summed E-state index contributed by atoms with van der Waals surface area (Å²) in [6.07, 6.45) is 5.19. The predicted octanol–water partition coefficient (Wildman–Crippen LogP) is 0.903. The van der Waals surface area contributed by atoms with Crippen molar-refractivity contribution in [1.29, 1.82) is 0 Å². The van der Waals surface area contributed by atoms with Gasteiger partial charge in [0.1, 0.15) is 0 Å². The number of carboxylic acids is 1. The molecule has 1 aliphatic heterocycles. The van der Waals surface area contributed by atoms with Crippen LogP contribution in [0.5, 0.6) is 0 Å². The van der Waals surface area contributed by atoms with Gasteiger partial charge in [0.05, 0.1) is 12.0 Å². The van der Waals surface area contributed by atoms with Gasteiger partial charge in [0.15, 0.2) is 0 Å². The molecule has 1 saturated carbocycles. The van der Waals surface area contributed by atoms with Crippen LogP contribution in [0.1, 0.15) is 39.0 Å². The molecule has 0 aromatic heterocycles. The molecule has 0 aromatic rings. The van der Waals surface area contributed by atoms with E-state index in [0.29, 0.717) is 0 Å². The molecule has 0 amide bonds. The van der Waals surface area contributed by atoms with Crippen LogP contribution < -0.4 is 10.6 Å². The summed E-state index contributed by atoms with van der Waals surface area (Å²) in [5.41, 5.74) is -0.0612. The molecule has 2 fully saturated rings. The van der Waals surface area contributed by atoms with E-state index in [1.54, 1.807) is 0 Å². The first kappa shape index (κ1) is 15.7. The summed E-state index contributed by atoms with van der Waals surface area (Å²) in [6, 6.07) is 0. The lowest BCUT2D eigenvalue weighted by atomic mass is 9.74. The van der Waals surface area contributed by atoms with Crippen molar-refractivity contribution in [2.75, 3.05) is 33.7 Å². The van der Waals surface area contributed by atoms with Gasteiger partial charge in [-0.3, -0.25) is 4.79 Å². The van der Waals surface area contributed by atoms with Gasteiger partial charge < -0.3 is 20.6 Å². The maximum absolute atomic E-state index is 11.0. The minimum atomic E-state index is -0.713. The van der Waals surface area contributed by atoms with Crippen LogP contribution >= 0.6 is 0 Å². The van der Waals surface area contributed by atoms with E-state index >= 15 is 0 Å². The maximum atomic E-state index is 11.0. The number of likely N-dealkylation sites (N-methyl/N-ethyl adjacent to an activating group) is 1.